The zero-order valence-corrected chi connectivity index (χ0v) is 15.7. The zero-order valence-electron chi connectivity index (χ0n) is 13.4. The summed E-state index contributed by atoms with van der Waals surface area (Å²) in [6, 6.07) is 10.6. The van der Waals surface area contributed by atoms with Gasteiger partial charge in [0.25, 0.3) is 5.69 Å². The first-order valence-electron chi connectivity index (χ1n) is 7.29. The number of hydrogen-bond donors (Lipinski definition) is 0. The van der Waals surface area contributed by atoms with Crippen LogP contribution in [-0.4, -0.2) is 37.6 Å². The fourth-order valence-corrected chi connectivity index (χ4v) is 4.44. The minimum Gasteiger partial charge on any atom is -0.301 e. The summed E-state index contributed by atoms with van der Waals surface area (Å²) >= 11 is 11.8. The Balaban J connectivity index is 2.08. The van der Waals surface area contributed by atoms with Crippen molar-refractivity contribution in [3.05, 3.63) is 68.2 Å². The lowest BCUT2D eigenvalue weighted by atomic mass is 10.2. The fourth-order valence-electron chi connectivity index (χ4n) is 2.29. The molecule has 0 unspecified atom stereocenters. The second-order valence-electron chi connectivity index (χ2n) is 5.52. The maximum atomic E-state index is 12.5. The average molecular weight is 403 g/mol. The van der Waals surface area contributed by atoms with E-state index in [4.69, 9.17) is 23.2 Å². The standard InChI is InChI=1S/C16H16Cl2N2O4S/c1-19(11-12-4-2-3-5-15(12)20(21)22)8-9-25(23,24)16-10-13(17)6-7-14(16)18/h2-7,10H,8-9,11H2,1H3. The molecule has 0 atom stereocenters. The van der Waals surface area contributed by atoms with Crippen molar-refractivity contribution in [2.75, 3.05) is 19.3 Å². The summed E-state index contributed by atoms with van der Waals surface area (Å²) in [4.78, 5) is 12.3. The maximum Gasteiger partial charge on any atom is 0.273 e. The lowest BCUT2D eigenvalue weighted by Crippen LogP contribution is -2.26. The molecule has 0 bridgehead atoms. The lowest BCUT2D eigenvalue weighted by Gasteiger charge is -2.17. The van der Waals surface area contributed by atoms with Gasteiger partial charge in [0.15, 0.2) is 9.84 Å². The first kappa shape index (κ1) is 19.7. The second kappa shape index (κ2) is 8.14. The molecule has 0 spiro atoms. The number of rotatable bonds is 7. The van der Waals surface area contributed by atoms with Crippen LogP contribution in [0, 0.1) is 10.1 Å². The van der Waals surface area contributed by atoms with Crippen LogP contribution in [0.1, 0.15) is 5.56 Å². The van der Waals surface area contributed by atoms with Crippen molar-refractivity contribution in [3.8, 4) is 0 Å². The topological polar surface area (TPSA) is 80.5 Å². The van der Waals surface area contributed by atoms with E-state index in [1.165, 1.54) is 24.3 Å². The average Bonchev–Trinajstić information content (AvgIpc) is 2.55. The van der Waals surface area contributed by atoms with Gasteiger partial charge in [-0.2, -0.15) is 0 Å². The van der Waals surface area contributed by atoms with Crippen LogP contribution in [0.25, 0.3) is 0 Å². The van der Waals surface area contributed by atoms with Crippen LogP contribution in [-0.2, 0) is 16.4 Å². The van der Waals surface area contributed by atoms with Gasteiger partial charge in [-0.25, -0.2) is 8.42 Å². The van der Waals surface area contributed by atoms with Crippen LogP contribution in [0.2, 0.25) is 10.0 Å². The number of halogens is 2. The third-order valence-corrected chi connectivity index (χ3v) is 6.00. The minimum absolute atomic E-state index is 0.00935. The van der Waals surface area contributed by atoms with Crippen molar-refractivity contribution < 1.29 is 13.3 Å². The number of sulfone groups is 1. The third kappa shape index (κ3) is 5.15. The Labute approximate surface area is 156 Å². The quantitative estimate of drug-likeness (QED) is 0.519. The zero-order chi connectivity index (χ0) is 18.6. The molecule has 0 heterocycles. The molecule has 0 aromatic heterocycles. The molecule has 9 heteroatoms. The molecule has 0 fully saturated rings. The van der Waals surface area contributed by atoms with Crippen LogP contribution in [0.4, 0.5) is 5.69 Å². The Morgan fingerprint density at radius 3 is 2.52 bits per heavy atom. The summed E-state index contributed by atoms with van der Waals surface area (Å²) in [5.41, 5.74) is 0.531. The van der Waals surface area contributed by atoms with Gasteiger partial charge < -0.3 is 4.90 Å². The number of nitrogens with zero attached hydrogens (tertiary/aromatic N) is 2. The molecule has 0 aliphatic rings. The minimum atomic E-state index is -3.62. The number of nitro groups is 1. The predicted octanol–water partition coefficient (Wildman–Crippen LogP) is 3.81. The normalized spacial score (nSPS) is 11.7. The second-order valence-corrected chi connectivity index (χ2v) is 8.44. The Morgan fingerprint density at radius 1 is 1.16 bits per heavy atom. The first-order valence-corrected chi connectivity index (χ1v) is 9.70. The molecule has 0 aliphatic heterocycles. The molecule has 0 saturated heterocycles. The van der Waals surface area contributed by atoms with Gasteiger partial charge in [-0.15, -0.1) is 0 Å². The van der Waals surface area contributed by atoms with E-state index < -0.39 is 14.8 Å². The molecule has 25 heavy (non-hydrogen) atoms. The Morgan fingerprint density at radius 2 is 1.84 bits per heavy atom. The van der Waals surface area contributed by atoms with Gasteiger partial charge in [0, 0.05) is 29.7 Å². The van der Waals surface area contributed by atoms with Gasteiger partial charge in [-0.3, -0.25) is 10.1 Å². The molecular weight excluding hydrogens is 387 g/mol. The Bertz CT molecular complexity index is 887. The fraction of sp³-hybridized carbons (Fsp3) is 0.250. The van der Waals surface area contributed by atoms with E-state index in [1.807, 2.05) is 0 Å². The Hall–Kier alpha value is -1.67. The highest BCUT2D eigenvalue weighted by Gasteiger charge is 2.20. The summed E-state index contributed by atoms with van der Waals surface area (Å²) < 4.78 is 24.9. The summed E-state index contributed by atoms with van der Waals surface area (Å²) in [6.07, 6.45) is 0. The monoisotopic (exact) mass is 402 g/mol. The highest BCUT2D eigenvalue weighted by Crippen LogP contribution is 2.26. The summed E-state index contributed by atoms with van der Waals surface area (Å²) in [6.45, 7) is 0.452. The van der Waals surface area contributed by atoms with Gasteiger partial charge in [0.05, 0.1) is 20.6 Å². The summed E-state index contributed by atoms with van der Waals surface area (Å²) in [5, 5.41) is 11.4. The van der Waals surface area contributed by atoms with E-state index in [9.17, 15) is 18.5 Å². The van der Waals surface area contributed by atoms with Gasteiger partial charge in [-0.1, -0.05) is 41.4 Å². The molecule has 134 valence electrons. The van der Waals surface area contributed by atoms with E-state index in [-0.39, 0.29) is 39.5 Å². The summed E-state index contributed by atoms with van der Waals surface area (Å²) in [7, 11) is -1.92. The lowest BCUT2D eigenvalue weighted by molar-refractivity contribution is -0.385. The van der Waals surface area contributed by atoms with Crippen LogP contribution >= 0.6 is 23.2 Å². The molecule has 0 radical (unpaired) electrons. The van der Waals surface area contributed by atoms with Crippen LogP contribution in [0.15, 0.2) is 47.4 Å². The molecule has 2 aromatic carbocycles. The van der Waals surface area contributed by atoms with Crippen molar-refractivity contribution in [3.63, 3.8) is 0 Å². The molecule has 0 saturated carbocycles. The van der Waals surface area contributed by atoms with E-state index in [0.717, 1.165) is 0 Å². The van der Waals surface area contributed by atoms with Crippen LogP contribution < -0.4 is 0 Å². The highest BCUT2D eigenvalue weighted by atomic mass is 35.5. The van der Waals surface area contributed by atoms with Crippen molar-refractivity contribution in [1.29, 1.82) is 0 Å². The molecule has 0 amide bonds. The van der Waals surface area contributed by atoms with Crippen molar-refractivity contribution in [2.45, 2.75) is 11.4 Å². The smallest absolute Gasteiger partial charge is 0.273 e. The van der Waals surface area contributed by atoms with Crippen molar-refractivity contribution in [2.24, 2.45) is 0 Å². The SMILES string of the molecule is CN(CCS(=O)(=O)c1cc(Cl)ccc1Cl)Cc1ccccc1[N+](=O)[O-]. The maximum absolute atomic E-state index is 12.5. The molecular formula is C16H16Cl2N2O4S. The first-order chi connectivity index (χ1) is 11.7. The molecule has 6 nitrogen and oxygen atoms in total. The largest absolute Gasteiger partial charge is 0.301 e. The number of benzene rings is 2. The van der Waals surface area contributed by atoms with Gasteiger partial charge in [-0.05, 0) is 25.2 Å². The van der Waals surface area contributed by atoms with Crippen LogP contribution in [0.5, 0.6) is 0 Å². The molecule has 2 aromatic rings. The Kier molecular flexibility index (Phi) is 6.40. The van der Waals surface area contributed by atoms with Crippen molar-refractivity contribution >= 4 is 38.7 Å². The van der Waals surface area contributed by atoms with E-state index >= 15 is 0 Å². The van der Waals surface area contributed by atoms with Gasteiger partial charge in [0.2, 0.25) is 0 Å². The molecule has 2 rings (SSSR count). The van der Waals surface area contributed by atoms with Crippen LogP contribution in [0.3, 0.4) is 0 Å². The number of para-hydroxylation sites is 1. The number of nitro benzene ring substituents is 1. The van der Waals surface area contributed by atoms with Gasteiger partial charge in [0.1, 0.15) is 0 Å². The summed E-state index contributed by atoms with van der Waals surface area (Å²) in [5.74, 6) is -0.176. The molecule has 0 N–H and O–H groups in total. The van der Waals surface area contributed by atoms with E-state index in [2.05, 4.69) is 0 Å². The molecule has 0 aliphatic carbocycles. The van der Waals surface area contributed by atoms with Crippen molar-refractivity contribution in [1.82, 2.24) is 4.90 Å². The van der Waals surface area contributed by atoms with E-state index in [0.29, 0.717) is 5.56 Å². The number of hydrogen-bond acceptors (Lipinski definition) is 5. The van der Waals surface area contributed by atoms with E-state index in [1.54, 1.807) is 30.1 Å². The highest BCUT2D eigenvalue weighted by molar-refractivity contribution is 7.91. The predicted molar refractivity (Wildman–Crippen MR) is 97.9 cm³/mol. The van der Waals surface area contributed by atoms with Gasteiger partial charge >= 0.3 is 0 Å². The third-order valence-electron chi connectivity index (χ3n) is 3.60.